The van der Waals surface area contributed by atoms with E-state index in [1.165, 1.54) is 10.4 Å². The van der Waals surface area contributed by atoms with Crippen LogP contribution in [-0.4, -0.2) is 55.0 Å². The van der Waals surface area contributed by atoms with Crippen LogP contribution in [0.25, 0.3) is 0 Å². The maximum Gasteiger partial charge on any atom is 0.261 e. The number of hydrogen-bond donors (Lipinski definition) is 1. The minimum Gasteiger partial charge on any atom is -0.326 e. The van der Waals surface area contributed by atoms with Crippen molar-refractivity contribution in [2.75, 3.05) is 25.0 Å². The molecule has 32 heavy (non-hydrogen) atoms. The number of carbonyl (C=O) groups excluding carboxylic acids is 3. The number of hydrogen-bond acceptors (Lipinski definition) is 5. The minimum absolute atomic E-state index is 0.0526. The monoisotopic (exact) mass is 455 g/mol. The largest absolute Gasteiger partial charge is 0.326 e. The minimum atomic E-state index is -3.62. The van der Waals surface area contributed by atoms with Crippen molar-refractivity contribution in [1.82, 2.24) is 9.21 Å². The summed E-state index contributed by atoms with van der Waals surface area (Å²) in [6.45, 7) is 2.72. The van der Waals surface area contributed by atoms with E-state index in [9.17, 15) is 22.8 Å². The fraction of sp³-hybridized carbons (Fsp3) is 0.348. The Hall–Kier alpha value is -3.04. The van der Waals surface area contributed by atoms with Crippen LogP contribution < -0.4 is 5.32 Å². The van der Waals surface area contributed by atoms with Crippen molar-refractivity contribution in [3.8, 4) is 0 Å². The van der Waals surface area contributed by atoms with Gasteiger partial charge in [-0.15, -0.1) is 0 Å². The highest BCUT2D eigenvalue weighted by atomic mass is 32.2. The van der Waals surface area contributed by atoms with E-state index in [4.69, 9.17) is 0 Å². The lowest BCUT2D eigenvalue weighted by Crippen LogP contribution is -2.35. The molecule has 2 aliphatic heterocycles. The van der Waals surface area contributed by atoms with Crippen LogP contribution in [0.5, 0.6) is 0 Å². The first kappa shape index (κ1) is 22.2. The van der Waals surface area contributed by atoms with Gasteiger partial charge in [0.25, 0.3) is 11.8 Å². The number of fused-ring (bicyclic) bond motifs is 1. The number of sulfonamides is 1. The first-order valence-electron chi connectivity index (χ1n) is 10.6. The van der Waals surface area contributed by atoms with Gasteiger partial charge in [-0.05, 0) is 49.6 Å². The van der Waals surface area contributed by atoms with E-state index in [2.05, 4.69) is 5.32 Å². The summed E-state index contributed by atoms with van der Waals surface area (Å²) in [4.78, 5) is 38.6. The van der Waals surface area contributed by atoms with E-state index < -0.39 is 27.7 Å². The van der Waals surface area contributed by atoms with Gasteiger partial charge >= 0.3 is 0 Å². The van der Waals surface area contributed by atoms with E-state index in [1.54, 1.807) is 43.3 Å². The molecule has 0 unspecified atom stereocenters. The van der Waals surface area contributed by atoms with E-state index >= 15 is 0 Å². The molecule has 1 fully saturated rings. The number of carbonyl (C=O) groups is 3. The number of aryl methyl sites for hydroxylation is 1. The van der Waals surface area contributed by atoms with Crippen molar-refractivity contribution in [2.24, 2.45) is 0 Å². The summed E-state index contributed by atoms with van der Waals surface area (Å²) in [5.41, 5.74) is 1.79. The van der Waals surface area contributed by atoms with E-state index in [-0.39, 0.29) is 17.9 Å². The van der Waals surface area contributed by atoms with Gasteiger partial charge in [0, 0.05) is 31.7 Å². The molecular formula is C23H25N3O5S. The van der Waals surface area contributed by atoms with Crippen molar-refractivity contribution in [3.63, 3.8) is 0 Å². The molecule has 2 aromatic carbocycles. The van der Waals surface area contributed by atoms with Crippen LogP contribution in [0.15, 0.2) is 47.4 Å². The van der Waals surface area contributed by atoms with Crippen LogP contribution in [0.1, 0.15) is 52.0 Å². The maximum absolute atomic E-state index is 12.9. The Morgan fingerprint density at radius 2 is 1.59 bits per heavy atom. The van der Waals surface area contributed by atoms with Crippen LogP contribution in [0, 0.1) is 6.92 Å². The molecule has 168 valence electrons. The second kappa shape index (κ2) is 8.84. The van der Waals surface area contributed by atoms with Gasteiger partial charge < -0.3 is 5.32 Å². The molecule has 0 radical (unpaired) electrons. The number of rotatable bonds is 6. The Kier molecular flexibility index (Phi) is 6.12. The summed E-state index contributed by atoms with van der Waals surface area (Å²) >= 11 is 0. The number of amides is 3. The predicted octanol–water partition coefficient (Wildman–Crippen LogP) is 2.79. The zero-order valence-corrected chi connectivity index (χ0v) is 18.7. The van der Waals surface area contributed by atoms with Crippen LogP contribution in [0.2, 0.25) is 0 Å². The molecule has 0 saturated carbocycles. The molecular weight excluding hydrogens is 430 g/mol. The molecule has 3 amide bonds. The fourth-order valence-electron chi connectivity index (χ4n) is 4.02. The molecule has 9 heteroatoms. The zero-order chi connectivity index (χ0) is 22.9. The average molecular weight is 456 g/mol. The fourth-order valence-corrected chi connectivity index (χ4v) is 5.56. The van der Waals surface area contributed by atoms with Gasteiger partial charge in [-0.3, -0.25) is 19.3 Å². The van der Waals surface area contributed by atoms with Gasteiger partial charge in [0.1, 0.15) is 0 Å². The Labute approximate surface area is 187 Å². The molecule has 4 rings (SSSR count). The number of piperidine rings is 1. The first-order valence-corrected chi connectivity index (χ1v) is 12.1. The second-order valence-corrected chi connectivity index (χ2v) is 9.99. The van der Waals surface area contributed by atoms with Crippen LogP contribution in [0.4, 0.5) is 5.69 Å². The summed E-state index contributed by atoms with van der Waals surface area (Å²) in [5.74, 6) is -1.23. The maximum atomic E-state index is 12.9. The van der Waals surface area contributed by atoms with Crippen LogP contribution in [0.3, 0.4) is 0 Å². The zero-order valence-electron chi connectivity index (χ0n) is 17.8. The third kappa shape index (κ3) is 4.18. The van der Waals surface area contributed by atoms with Gasteiger partial charge in [0.15, 0.2) is 0 Å². The van der Waals surface area contributed by atoms with Crippen molar-refractivity contribution >= 4 is 33.4 Å². The molecule has 0 bridgehead atoms. The smallest absolute Gasteiger partial charge is 0.261 e. The molecule has 2 aromatic rings. The van der Waals surface area contributed by atoms with Gasteiger partial charge in [-0.2, -0.15) is 4.31 Å². The van der Waals surface area contributed by atoms with Crippen LogP contribution >= 0.6 is 0 Å². The summed E-state index contributed by atoms with van der Waals surface area (Å²) in [5, 5.41) is 2.73. The summed E-state index contributed by atoms with van der Waals surface area (Å²) in [6.07, 6.45) is 2.61. The van der Waals surface area contributed by atoms with E-state index in [0.717, 1.165) is 29.7 Å². The lowest BCUT2D eigenvalue weighted by molar-refractivity contribution is -0.116. The van der Waals surface area contributed by atoms with Crippen molar-refractivity contribution in [1.29, 1.82) is 0 Å². The number of nitrogens with one attached hydrogen (secondary N) is 1. The van der Waals surface area contributed by atoms with Crippen molar-refractivity contribution in [3.05, 3.63) is 59.2 Å². The lowest BCUT2D eigenvalue weighted by atomic mass is 10.1. The SMILES string of the molecule is Cc1ccc(S(=O)(=O)N2CCCCC2)cc1NC(=O)CCN1C(=O)c2ccccc2C1=O. The molecule has 1 N–H and O–H groups in total. The van der Waals surface area contributed by atoms with Crippen molar-refractivity contribution in [2.45, 2.75) is 37.5 Å². The number of imide groups is 1. The Morgan fingerprint density at radius 1 is 0.969 bits per heavy atom. The average Bonchev–Trinajstić information content (AvgIpc) is 3.04. The van der Waals surface area contributed by atoms with E-state index in [1.807, 2.05) is 0 Å². The standard InChI is InChI=1S/C23H25N3O5S/c1-16-9-10-17(32(30,31)25-12-5-2-6-13-25)15-20(16)24-21(27)11-14-26-22(28)18-7-3-4-8-19(18)23(26)29/h3-4,7-10,15H,2,5-6,11-14H2,1H3,(H,24,27). The quantitative estimate of drug-likeness (QED) is 0.675. The third-order valence-electron chi connectivity index (χ3n) is 5.88. The predicted molar refractivity (Wildman–Crippen MR) is 119 cm³/mol. The molecule has 0 spiro atoms. The van der Waals surface area contributed by atoms with Gasteiger partial charge in [-0.1, -0.05) is 24.6 Å². The highest BCUT2D eigenvalue weighted by Crippen LogP contribution is 2.26. The molecule has 0 atom stereocenters. The lowest BCUT2D eigenvalue weighted by Gasteiger charge is -2.26. The topological polar surface area (TPSA) is 104 Å². The molecule has 2 aliphatic rings. The van der Waals surface area contributed by atoms with Gasteiger partial charge in [-0.25, -0.2) is 8.42 Å². The molecule has 8 nitrogen and oxygen atoms in total. The summed E-state index contributed by atoms with van der Waals surface area (Å²) in [7, 11) is -3.62. The third-order valence-corrected chi connectivity index (χ3v) is 7.77. The molecule has 1 saturated heterocycles. The number of nitrogens with zero attached hydrogens (tertiary/aromatic N) is 2. The number of anilines is 1. The normalized spacial score (nSPS) is 16.8. The Morgan fingerprint density at radius 3 is 2.22 bits per heavy atom. The van der Waals surface area contributed by atoms with Crippen molar-refractivity contribution < 1.29 is 22.8 Å². The Bertz CT molecular complexity index is 1150. The highest BCUT2D eigenvalue weighted by Gasteiger charge is 2.35. The summed E-state index contributed by atoms with van der Waals surface area (Å²) < 4.78 is 27.4. The molecule has 0 aliphatic carbocycles. The summed E-state index contributed by atoms with van der Waals surface area (Å²) in [6, 6.07) is 11.2. The first-order chi connectivity index (χ1) is 15.3. The second-order valence-electron chi connectivity index (χ2n) is 8.05. The van der Waals surface area contributed by atoms with E-state index in [0.29, 0.717) is 29.9 Å². The highest BCUT2D eigenvalue weighted by molar-refractivity contribution is 7.89. The number of benzene rings is 2. The van der Waals surface area contributed by atoms with Gasteiger partial charge in [0.2, 0.25) is 15.9 Å². The molecule has 2 heterocycles. The van der Waals surface area contributed by atoms with Crippen LogP contribution in [-0.2, 0) is 14.8 Å². The van der Waals surface area contributed by atoms with Gasteiger partial charge in [0.05, 0.1) is 16.0 Å². The Balaban J connectivity index is 1.43. The molecule has 0 aromatic heterocycles.